The maximum absolute atomic E-state index is 12.7. The second kappa shape index (κ2) is 8.42. The van der Waals surface area contributed by atoms with Crippen LogP contribution in [0.1, 0.15) is 28.9 Å². The van der Waals surface area contributed by atoms with Gasteiger partial charge in [0.25, 0.3) is 5.91 Å². The van der Waals surface area contributed by atoms with E-state index in [1.807, 2.05) is 29.6 Å². The molecule has 0 saturated carbocycles. The van der Waals surface area contributed by atoms with E-state index in [1.165, 1.54) is 16.9 Å². The summed E-state index contributed by atoms with van der Waals surface area (Å²) in [7, 11) is 0. The molecule has 1 fully saturated rings. The van der Waals surface area contributed by atoms with Gasteiger partial charge in [0.05, 0.1) is 5.69 Å². The van der Waals surface area contributed by atoms with Gasteiger partial charge in [-0.3, -0.25) is 9.69 Å². The first kappa shape index (κ1) is 19.0. The van der Waals surface area contributed by atoms with E-state index in [9.17, 15) is 4.79 Å². The number of H-pyrrole nitrogens is 1. The molecule has 1 aliphatic rings. The molecule has 0 bridgehead atoms. The zero-order valence-electron chi connectivity index (χ0n) is 16.7. The van der Waals surface area contributed by atoms with Crippen molar-refractivity contribution >= 4 is 28.1 Å². The zero-order chi connectivity index (χ0) is 20.3. The number of hydrogen-bond donors (Lipinski definition) is 2. The minimum absolute atomic E-state index is 0.0740. The van der Waals surface area contributed by atoms with Crippen molar-refractivity contribution in [3.05, 3.63) is 77.3 Å². The second-order valence-corrected chi connectivity index (χ2v) is 8.68. The number of nitrogens with one attached hydrogen (secondary N) is 2. The number of thiazole rings is 1. The summed E-state index contributed by atoms with van der Waals surface area (Å²) in [6.07, 6.45) is 1.94. The highest BCUT2D eigenvalue weighted by Crippen LogP contribution is 2.27. The Hall–Kier alpha value is -2.96. The Balaban J connectivity index is 1.17. The predicted molar refractivity (Wildman–Crippen MR) is 122 cm³/mol. The molecule has 1 saturated heterocycles. The van der Waals surface area contributed by atoms with Gasteiger partial charge in [-0.05, 0) is 30.5 Å². The van der Waals surface area contributed by atoms with Gasteiger partial charge < -0.3 is 10.3 Å². The maximum atomic E-state index is 12.7. The molecule has 2 N–H and O–H groups in total. The Labute approximate surface area is 179 Å². The average molecular weight is 417 g/mol. The van der Waals surface area contributed by atoms with Crippen LogP contribution in [0.15, 0.2) is 66.0 Å². The number of carbonyl (C=O) groups is 1. The van der Waals surface area contributed by atoms with Gasteiger partial charge in [-0.1, -0.05) is 48.5 Å². The van der Waals surface area contributed by atoms with Gasteiger partial charge in [0.15, 0.2) is 0 Å². The largest absolute Gasteiger partial charge is 0.353 e. The molecule has 0 spiro atoms. The van der Waals surface area contributed by atoms with Gasteiger partial charge in [-0.2, -0.15) is 0 Å². The predicted octanol–water partition coefficient (Wildman–Crippen LogP) is 4.69. The zero-order valence-corrected chi connectivity index (χ0v) is 17.5. The van der Waals surface area contributed by atoms with Gasteiger partial charge in [0.1, 0.15) is 10.7 Å². The maximum Gasteiger partial charge on any atom is 0.270 e. The second-order valence-electron chi connectivity index (χ2n) is 7.82. The first-order valence-corrected chi connectivity index (χ1v) is 11.2. The number of para-hydroxylation sites is 1. The molecule has 4 aromatic rings. The average Bonchev–Trinajstić information content (AvgIpc) is 3.43. The summed E-state index contributed by atoms with van der Waals surface area (Å²) in [4.78, 5) is 23.1. The third-order valence-corrected chi connectivity index (χ3v) is 6.54. The lowest BCUT2D eigenvalue weighted by molar-refractivity contribution is 0.0904. The molecule has 6 heteroatoms. The smallest absolute Gasteiger partial charge is 0.270 e. The standard InChI is InChI=1S/C24H24N4OS/c29-23(25-19-10-12-28(13-11-19)15-17-6-2-1-3-7-17)22-16-30-24(27-22)21-14-18-8-4-5-9-20(18)26-21/h1-9,14,16,19,26H,10-13,15H2,(H,25,29). The van der Waals surface area contributed by atoms with E-state index in [0.717, 1.165) is 54.1 Å². The molecule has 5 rings (SSSR count). The minimum atomic E-state index is -0.0740. The number of piperidine rings is 1. The van der Waals surface area contributed by atoms with E-state index in [-0.39, 0.29) is 11.9 Å². The Morgan fingerprint density at radius 3 is 2.67 bits per heavy atom. The highest BCUT2D eigenvalue weighted by Gasteiger charge is 2.22. The van der Waals surface area contributed by atoms with Gasteiger partial charge >= 0.3 is 0 Å². The third kappa shape index (κ3) is 4.15. The van der Waals surface area contributed by atoms with Crippen molar-refractivity contribution in [3.63, 3.8) is 0 Å². The fourth-order valence-electron chi connectivity index (χ4n) is 4.03. The monoisotopic (exact) mass is 416 g/mol. The van der Waals surface area contributed by atoms with Crippen molar-refractivity contribution in [3.8, 4) is 10.7 Å². The van der Waals surface area contributed by atoms with Gasteiger partial charge in [-0.25, -0.2) is 4.98 Å². The lowest BCUT2D eigenvalue weighted by Crippen LogP contribution is -2.44. The van der Waals surface area contributed by atoms with Crippen LogP contribution in [0.25, 0.3) is 21.6 Å². The van der Waals surface area contributed by atoms with E-state index >= 15 is 0 Å². The SMILES string of the molecule is O=C(NC1CCN(Cc2ccccc2)CC1)c1csc(-c2cc3ccccc3[nH]2)n1. The fourth-order valence-corrected chi connectivity index (χ4v) is 4.80. The van der Waals surface area contributed by atoms with Crippen molar-refractivity contribution in [2.24, 2.45) is 0 Å². The topological polar surface area (TPSA) is 61.0 Å². The van der Waals surface area contributed by atoms with Crippen LogP contribution in [0.5, 0.6) is 0 Å². The highest BCUT2D eigenvalue weighted by atomic mass is 32.1. The molecular formula is C24H24N4OS. The van der Waals surface area contributed by atoms with E-state index in [0.29, 0.717) is 5.69 Å². The first-order chi connectivity index (χ1) is 14.7. The summed E-state index contributed by atoms with van der Waals surface area (Å²) < 4.78 is 0. The first-order valence-electron chi connectivity index (χ1n) is 10.4. The number of rotatable bonds is 5. The van der Waals surface area contributed by atoms with Crippen LogP contribution < -0.4 is 5.32 Å². The third-order valence-electron chi connectivity index (χ3n) is 5.67. The van der Waals surface area contributed by atoms with Crippen molar-refractivity contribution in [1.29, 1.82) is 0 Å². The van der Waals surface area contributed by atoms with Crippen LogP contribution in [0.4, 0.5) is 0 Å². The summed E-state index contributed by atoms with van der Waals surface area (Å²) in [5, 5.41) is 7.02. The highest BCUT2D eigenvalue weighted by molar-refractivity contribution is 7.13. The van der Waals surface area contributed by atoms with Crippen molar-refractivity contribution in [1.82, 2.24) is 20.2 Å². The summed E-state index contributed by atoms with van der Waals surface area (Å²) in [6.45, 7) is 2.97. The molecule has 2 aromatic carbocycles. The van der Waals surface area contributed by atoms with Crippen LogP contribution in [0.3, 0.4) is 0 Å². The van der Waals surface area contributed by atoms with Crippen molar-refractivity contribution < 1.29 is 4.79 Å². The molecule has 1 aliphatic heterocycles. The Bertz CT molecular complexity index is 1110. The normalized spacial score (nSPS) is 15.5. The molecule has 0 atom stereocenters. The molecule has 30 heavy (non-hydrogen) atoms. The molecule has 5 nitrogen and oxygen atoms in total. The number of amides is 1. The number of benzene rings is 2. The molecular weight excluding hydrogens is 392 g/mol. The summed E-state index contributed by atoms with van der Waals surface area (Å²) >= 11 is 1.50. The van der Waals surface area contributed by atoms with Crippen molar-refractivity contribution in [2.45, 2.75) is 25.4 Å². The molecule has 0 unspecified atom stereocenters. The molecule has 2 aromatic heterocycles. The Morgan fingerprint density at radius 1 is 1.10 bits per heavy atom. The van der Waals surface area contributed by atoms with Gasteiger partial charge in [-0.15, -0.1) is 11.3 Å². The number of aromatic nitrogens is 2. The van der Waals surface area contributed by atoms with Crippen LogP contribution in [0.2, 0.25) is 0 Å². The van der Waals surface area contributed by atoms with Gasteiger partial charge in [0.2, 0.25) is 0 Å². The van der Waals surface area contributed by atoms with Crippen LogP contribution in [-0.4, -0.2) is 39.9 Å². The van der Waals surface area contributed by atoms with Gasteiger partial charge in [0, 0.05) is 42.0 Å². The molecule has 0 radical (unpaired) electrons. The number of nitrogens with zero attached hydrogens (tertiary/aromatic N) is 2. The summed E-state index contributed by atoms with van der Waals surface area (Å²) in [5.41, 5.74) is 3.87. The number of hydrogen-bond acceptors (Lipinski definition) is 4. The summed E-state index contributed by atoms with van der Waals surface area (Å²) in [5.74, 6) is -0.0740. The van der Waals surface area contributed by atoms with Crippen LogP contribution in [-0.2, 0) is 6.54 Å². The summed E-state index contributed by atoms with van der Waals surface area (Å²) in [6, 6.07) is 21.0. The minimum Gasteiger partial charge on any atom is -0.353 e. The van der Waals surface area contributed by atoms with Crippen LogP contribution >= 0.6 is 11.3 Å². The molecule has 0 aliphatic carbocycles. The van der Waals surface area contributed by atoms with E-state index in [1.54, 1.807) is 0 Å². The molecule has 152 valence electrons. The molecule has 1 amide bonds. The van der Waals surface area contributed by atoms with Crippen LogP contribution in [0, 0.1) is 0 Å². The number of aromatic amines is 1. The lowest BCUT2D eigenvalue weighted by Gasteiger charge is -2.32. The fraction of sp³-hybridized carbons (Fsp3) is 0.250. The van der Waals surface area contributed by atoms with E-state index in [2.05, 4.69) is 56.6 Å². The van der Waals surface area contributed by atoms with E-state index < -0.39 is 0 Å². The van der Waals surface area contributed by atoms with Crippen molar-refractivity contribution in [2.75, 3.05) is 13.1 Å². The Kier molecular flexibility index (Phi) is 5.34. The molecule has 3 heterocycles. The Morgan fingerprint density at radius 2 is 1.87 bits per heavy atom. The quantitative estimate of drug-likeness (QED) is 0.496. The number of carbonyl (C=O) groups excluding carboxylic acids is 1. The van der Waals surface area contributed by atoms with E-state index in [4.69, 9.17) is 0 Å². The number of likely N-dealkylation sites (tertiary alicyclic amines) is 1. The number of fused-ring (bicyclic) bond motifs is 1. The lowest BCUT2D eigenvalue weighted by atomic mass is 10.0.